The molecule has 0 amide bonds. The Labute approximate surface area is 102 Å². The van der Waals surface area contributed by atoms with E-state index in [9.17, 15) is 4.79 Å². The van der Waals surface area contributed by atoms with Crippen LogP contribution in [-0.4, -0.2) is 18.5 Å². The van der Waals surface area contributed by atoms with Gasteiger partial charge in [0.1, 0.15) is 0 Å². The fourth-order valence-electron chi connectivity index (χ4n) is 2.22. The third-order valence-corrected chi connectivity index (χ3v) is 3.16. The molecule has 1 aliphatic heterocycles. The third-order valence-electron chi connectivity index (χ3n) is 3.16. The molecule has 1 fully saturated rings. The zero-order chi connectivity index (χ0) is 12.1. The summed E-state index contributed by atoms with van der Waals surface area (Å²) in [6, 6.07) is 7.19. The Bertz CT molecular complexity index is 384. The summed E-state index contributed by atoms with van der Waals surface area (Å²) < 4.78 is 5.53. The second kappa shape index (κ2) is 5.82. The quantitative estimate of drug-likeness (QED) is 0.628. The molecule has 1 unspecified atom stereocenters. The Hall–Kier alpha value is -1.35. The predicted molar refractivity (Wildman–Crippen MR) is 68.0 cm³/mol. The lowest BCUT2D eigenvalue weighted by atomic mass is 10.0. The lowest BCUT2D eigenvalue weighted by Gasteiger charge is -2.08. The smallest absolute Gasteiger partial charge is 0.162 e. The van der Waals surface area contributed by atoms with Crippen molar-refractivity contribution in [2.75, 3.05) is 12.3 Å². The van der Waals surface area contributed by atoms with E-state index in [0.29, 0.717) is 18.2 Å². The molecule has 1 atom stereocenters. The second-order valence-electron chi connectivity index (χ2n) is 4.58. The van der Waals surface area contributed by atoms with Gasteiger partial charge in [-0.1, -0.05) is 12.1 Å². The number of carbonyl (C=O) groups is 1. The minimum absolute atomic E-state index is 0.176. The number of ether oxygens (including phenoxy) is 1. The molecule has 0 bridgehead atoms. The van der Waals surface area contributed by atoms with Crippen molar-refractivity contribution >= 4 is 11.5 Å². The lowest BCUT2D eigenvalue weighted by molar-refractivity contribution is 0.0923. The summed E-state index contributed by atoms with van der Waals surface area (Å²) in [4.78, 5) is 11.9. The van der Waals surface area contributed by atoms with E-state index in [-0.39, 0.29) is 5.78 Å². The van der Waals surface area contributed by atoms with Gasteiger partial charge in [-0.05, 0) is 37.8 Å². The molecule has 1 aromatic rings. The second-order valence-corrected chi connectivity index (χ2v) is 4.58. The first-order chi connectivity index (χ1) is 8.25. The molecule has 1 aromatic carbocycles. The van der Waals surface area contributed by atoms with Gasteiger partial charge in [0.05, 0.1) is 6.10 Å². The molecule has 3 nitrogen and oxygen atoms in total. The number of nitrogen functional groups attached to an aromatic ring is 1. The molecular formula is C14H19NO2. The first kappa shape index (κ1) is 12.1. The maximum atomic E-state index is 11.9. The van der Waals surface area contributed by atoms with Gasteiger partial charge in [0.15, 0.2) is 5.78 Å². The highest BCUT2D eigenvalue weighted by molar-refractivity contribution is 5.96. The Morgan fingerprint density at radius 1 is 1.47 bits per heavy atom. The van der Waals surface area contributed by atoms with E-state index < -0.39 is 0 Å². The lowest BCUT2D eigenvalue weighted by Crippen LogP contribution is -2.06. The summed E-state index contributed by atoms with van der Waals surface area (Å²) in [5.41, 5.74) is 7.02. The van der Waals surface area contributed by atoms with Crippen LogP contribution in [0.25, 0.3) is 0 Å². The summed E-state index contributed by atoms with van der Waals surface area (Å²) in [6.07, 6.45) is 5.17. The highest BCUT2D eigenvalue weighted by atomic mass is 16.5. The molecule has 92 valence electrons. The van der Waals surface area contributed by atoms with Crippen molar-refractivity contribution in [3.05, 3.63) is 29.8 Å². The van der Waals surface area contributed by atoms with Gasteiger partial charge in [-0.15, -0.1) is 0 Å². The minimum Gasteiger partial charge on any atom is -0.399 e. The summed E-state index contributed by atoms with van der Waals surface area (Å²) in [7, 11) is 0. The molecule has 0 saturated carbocycles. The highest BCUT2D eigenvalue weighted by Crippen LogP contribution is 2.18. The zero-order valence-corrected chi connectivity index (χ0v) is 10.0. The van der Waals surface area contributed by atoms with Gasteiger partial charge in [0.2, 0.25) is 0 Å². The number of anilines is 1. The van der Waals surface area contributed by atoms with Crippen LogP contribution in [0.1, 0.15) is 42.5 Å². The Kier molecular flexibility index (Phi) is 4.15. The number of hydrogen-bond acceptors (Lipinski definition) is 3. The number of benzene rings is 1. The molecule has 2 rings (SSSR count). The largest absolute Gasteiger partial charge is 0.399 e. The first-order valence-electron chi connectivity index (χ1n) is 6.26. The van der Waals surface area contributed by atoms with E-state index in [1.807, 2.05) is 12.1 Å². The average molecular weight is 233 g/mol. The molecule has 2 N–H and O–H groups in total. The fraction of sp³-hybridized carbons (Fsp3) is 0.500. The summed E-state index contributed by atoms with van der Waals surface area (Å²) in [6.45, 7) is 0.883. The molecule has 1 aliphatic rings. The topological polar surface area (TPSA) is 52.3 Å². The van der Waals surface area contributed by atoms with Crippen molar-refractivity contribution in [3.8, 4) is 0 Å². The fourth-order valence-corrected chi connectivity index (χ4v) is 2.22. The van der Waals surface area contributed by atoms with E-state index in [1.54, 1.807) is 12.1 Å². The van der Waals surface area contributed by atoms with Crippen molar-refractivity contribution in [1.82, 2.24) is 0 Å². The number of hydrogen-bond donors (Lipinski definition) is 1. The van der Waals surface area contributed by atoms with Gasteiger partial charge >= 0.3 is 0 Å². The number of nitrogens with two attached hydrogens (primary N) is 1. The summed E-state index contributed by atoms with van der Waals surface area (Å²) >= 11 is 0. The van der Waals surface area contributed by atoms with E-state index in [4.69, 9.17) is 10.5 Å². The van der Waals surface area contributed by atoms with E-state index >= 15 is 0 Å². The van der Waals surface area contributed by atoms with E-state index in [1.165, 1.54) is 0 Å². The van der Waals surface area contributed by atoms with Crippen LogP contribution in [0.3, 0.4) is 0 Å². The summed E-state index contributed by atoms with van der Waals surface area (Å²) in [5, 5.41) is 0. The molecule has 1 saturated heterocycles. The van der Waals surface area contributed by atoms with Crippen LogP contribution in [0.4, 0.5) is 5.69 Å². The number of rotatable bonds is 5. The van der Waals surface area contributed by atoms with Crippen LogP contribution >= 0.6 is 0 Å². The molecule has 17 heavy (non-hydrogen) atoms. The Morgan fingerprint density at radius 3 is 3.06 bits per heavy atom. The molecular weight excluding hydrogens is 214 g/mol. The van der Waals surface area contributed by atoms with Crippen molar-refractivity contribution in [2.45, 2.75) is 38.2 Å². The molecule has 3 heteroatoms. The third kappa shape index (κ3) is 3.56. The van der Waals surface area contributed by atoms with Crippen LogP contribution in [0.2, 0.25) is 0 Å². The van der Waals surface area contributed by atoms with Gasteiger partial charge in [0.25, 0.3) is 0 Å². The normalized spacial score (nSPS) is 19.4. The zero-order valence-electron chi connectivity index (χ0n) is 10.0. The van der Waals surface area contributed by atoms with Crippen LogP contribution in [0.5, 0.6) is 0 Å². The highest BCUT2D eigenvalue weighted by Gasteiger charge is 2.15. The molecule has 0 radical (unpaired) electrons. The van der Waals surface area contributed by atoms with Crippen molar-refractivity contribution in [2.24, 2.45) is 0 Å². The molecule has 0 aliphatic carbocycles. The SMILES string of the molecule is Nc1cccc(C(=O)CCCC2CCCO2)c1. The average Bonchev–Trinajstić information content (AvgIpc) is 2.82. The number of ketones is 1. The van der Waals surface area contributed by atoms with Crippen LogP contribution in [-0.2, 0) is 4.74 Å². The Morgan fingerprint density at radius 2 is 2.35 bits per heavy atom. The van der Waals surface area contributed by atoms with E-state index in [0.717, 1.165) is 37.9 Å². The first-order valence-corrected chi connectivity index (χ1v) is 6.26. The molecule has 0 spiro atoms. The monoisotopic (exact) mass is 233 g/mol. The Balaban J connectivity index is 1.77. The number of carbonyl (C=O) groups excluding carboxylic acids is 1. The summed E-state index contributed by atoms with van der Waals surface area (Å²) in [5.74, 6) is 0.176. The number of Topliss-reactive ketones (excluding diaryl/α,β-unsaturated/α-hetero) is 1. The van der Waals surface area contributed by atoms with Crippen LogP contribution in [0.15, 0.2) is 24.3 Å². The van der Waals surface area contributed by atoms with Gasteiger partial charge < -0.3 is 10.5 Å². The predicted octanol–water partition coefficient (Wildman–Crippen LogP) is 2.80. The van der Waals surface area contributed by atoms with Crippen LogP contribution in [0, 0.1) is 0 Å². The van der Waals surface area contributed by atoms with Gasteiger partial charge in [-0.2, -0.15) is 0 Å². The van der Waals surface area contributed by atoms with Crippen molar-refractivity contribution in [3.63, 3.8) is 0 Å². The van der Waals surface area contributed by atoms with Gasteiger partial charge in [-0.3, -0.25) is 4.79 Å². The van der Waals surface area contributed by atoms with Crippen molar-refractivity contribution in [1.29, 1.82) is 0 Å². The van der Waals surface area contributed by atoms with Gasteiger partial charge in [0, 0.05) is 24.3 Å². The van der Waals surface area contributed by atoms with Crippen LogP contribution < -0.4 is 5.73 Å². The molecule has 1 heterocycles. The van der Waals surface area contributed by atoms with Crippen molar-refractivity contribution < 1.29 is 9.53 Å². The van der Waals surface area contributed by atoms with E-state index in [2.05, 4.69) is 0 Å². The standard InChI is InChI=1S/C14H19NO2/c15-12-5-1-4-11(10-12)14(16)8-2-6-13-7-3-9-17-13/h1,4-5,10,13H,2-3,6-9,15H2. The maximum absolute atomic E-state index is 11.9. The van der Waals surface area contributed by atoms with Gasteiger partial charge in [-0.25, -0.2) is 0 Å². The minimum atomic E-state index is 0.176. The maximum Gasteiger partial charge on any atom is 0.162 e. The molecule has 0 aromatic heterocycles.